The Bertz CT molecular complexity index is 52.1. The Morgan fingerprint density at radius 1 is 1.57 bits per heavy atom. The van der Waals surface area contributed by atoms with E-state index in [0.29, 0.717) is 0 Å². The summed E-state index contributed by atoms with van der Waals surface area (Å²) in [6.07, 6.45) is 2.93. The van der Waals surface area contributed by atoms with E-state index in [0.717, 1.165) is 0 Å². The topological polar surface area (TPSA) is 55.3 Å². The molecule has 0 saturated carbocycles. The summed E-state index contributed by atoms with van der Waals surface area (Å²) in [5.74, 6) is 5.07. The number of nitrogens with zero attached hydrogens (tertiary/aromatic N) is 1. The van der Waals surface area contributed by atoms with Gasteiger partial charge in [-0.15, -0.1) is 24.0 Å². The van der Waals surface area contributed by atoms with E-state index in [4.69, 9.17) is 11.6 Å². The minimum Gasteiger partial charge on any atom is -0.403 e. The van der Waals surface area contributed by atoms with Gasteiger partial charge < -0.3 is 10.7 Å². The quantitative estimate of drug-likeness (QED) is 0.363. The molecule has 0 aliphatic rings. The average Bonchev–Trinajstić information content (AvgIpc) is 1.35. The zero-order valence-electron chi connectivity index (χ0n) is 4.16. The molecule has 3 nitrogen and oxygen atoms in total. The number of halogens is 1. The minimum atomic E-state index is 0. The zero-order chi connectivity index (χ0) is 4.99. The van der Waals surface area contributed by atoms with E-state index in [1.54, 1.807) is 13.2 Å². The fourth-order valence-electron chi connectivity index (χ4n) is 0.136. The second-order valence-corrected chi connectivity index (χ2v) is 1.01. The zero-order valence-corrected chi connectivity index (χ0v) is 6.50. The molecule has 0 atom stereocenters. The number of nitrogens with two attached hydrogens (primary N) is 2. The van der Waals surface area contributed by atoms with Crippen molar-refractivity contribution in [2.24, 2.45) is 11.6 Å². The van der Waals surface area contributed by atoms with Crippen molar-refractivity contribution in [2.75, 3.05) is 7.05 Å². The first-order valence-electron chi connectivity index (χ1n) is 1.63. The Morgan fingerprint density at radius 2 is 2.00 bits per heavy atom. The second-order valence-electron chi connectivity index (χ2n) is 1.01. The lowest BCUT2D eigenvalue weighted by Gasteiger charge is -1.99. The van der Waals surface area contributed by atoms with Crippen molar-refractivity contribution in [3.05, 3.63) is 12.4 Å². The van der Waals surface area contributed by atoms with Crippen molar-refractivity contribution in [2.45, 2.75) is 0 Å². The molecule has 0 aliphatic carbocycles. The molecule has 0 fully saturated rings. The third-order valence-corrected chi connectivity index (χ3v) is 0.321. The molecule has 0 amide bonds. The van der Waals surface area contributed by atoms with Gasteiger partial charge in [-0.25, -0.2) is 5.84 Å². The summed E-state index contributed by atoms with van der Waals surface area (Å²) in [4.78, 5) is 0. The predicted octanol–water partition coefficient (Wildman–Crippen LogP) is -0.160. The smallest absolute Gasteiger partial charge is 0.0306 e. The van der Waals surface area contributed by atoms with Gasteiger partial charge in [0, 0.05) is 19.4 Å². The number of hydrogen-bond donors (Lipinski definition) is 2. The van der Waals surface area contributed by atoms with Crippen LogP contribution in [0.15, 0.2) is 12.4 Å². The minimum absolute atomic E-state index is 0. The van der Waals surface area contributed by atoms with Crippen LogP contribution in [0.25, 0.3) is 0 Å². The molecule has 0 rings (SSSR count). The summed E-state index contributed by atoms with van der Waals surface area (Å²) in [6, 6.07) is 0. The molecular weight excluding hydrogens is 205 g/mol. The van der Waals surface area contributed by atoms with Crippen LogP contribution < -0.4 is 11.6 Å². The summed E-state index contributed by atoms with van der Waals surface area (Å²) in [5, 5.41) is 1.38. The van der Waals surface area contributed by atoms with Gasteiger partial charge >= 0.3 is 0 Å². The Balaban J connectivity index is 0. The van der Waals surface area contributed by atoms with Gasteiger partial charge in [-0.05, 0) is 0 Å². The highest BCUT2D eigenvalue weighted by Gasteiger charge is 1.66. The molecule has 0 radical (unpaired) electrons. The Morgan fingerprint density at radius 3 is 2.00 bits per heavy atom. The Kier molecular flexibility index (Phi) is 8.70. The summed E-state index contributed by atoms with van der Waals surface area (Å²) >= 11 is 0. The lowest BCUT2D eigenvalue weighted by molar-refractivity contribution is 0.484. The highest BCUT2D eigenvalue weighted by Crippen LogP contribution is 1.62. The van der Waals surface area contributed by atoms with Crippen molar-refractivity contribution in [3.8, 4) is 0 Å². The molecule has 0 saturated heterocycles. The normalized spacial score (nSPS) is 8.29. The van der Waals surface area contributed by atoms with E-state index in [1.807, 2.05) is 0 Å². The lowest BCUT2D eigenvalue weighted by Crippen LogP contribution is -2.18. The van der Waals surface area contributed by atoms with E-state index in [-0.39, 0.29) is 24.0 Å². The van der Waals surface area contributed by atoms with Crippen LogP contribution in [0.5, 0.6) is 0 Å². The first-order valence-corrected chi connectivity index (χ1v) is 1.63. The van der Waals surface area contributed by atoms with E-state index in [2.05, 4.69) is 0 Å². The van der Waals surface area contributed by atoms with Crippen molar-refractivity contribution in [1.29, 1.82) is 0 Å². The summed E-state index contributed by atoms with van der Waals surface area (Å²) < 4.78 is 0. The fraction of sp³-hybridized carbons (Fsp3) is 0.333. The molecule has 0 aromatic rings. The van der Waals surface area contributed by atoms with Crippen LogP contribution in [-0.2, 0) is 0 Å². The molecular formula is C3H10IN3. The highest BCUT2D eigenvalue weighted by molar-refractivity contribution is 14.0. The number of hydrazine groups is 1. The molecule has 0 aromatic heterocycles. The van der Waals surface area contributed by atoms with Gasteiger partial charge in [0.05, 0.1) is 0 Å². The van der Waals surface area contributed by atoms with E-state index >= 15 is 0 Å². The van der Waals surface area contributed by atoms with Crippen LogP contribution in [0.4, 0.5) is 0 Å². The third-order valence-electron chi connectivity index (χ3n) is 0.321. The van der Waals surface area contributed by atoms with Crippen molar-refractivity contribution in [3.63, 3.8) is 0 Å². The number of rotatable bonds is 1. The third kappa shape index (κ3) is 10.7. The second kappa shape index (κ2) is 6.03. The fourth-order valence-corrected chi connectivity index (χ4v) is 0.136. The van der Waals surface area contributed by atoms with Gasteiger partial charge in [0.15, 0.2) is 0 Å². The Labute approximate surface area is 60.3 Å². The van der Waals surface area contributed by atoms with Crippen molar-refractivity contribution >= 4 is 24.0 Å². The molecule has 4 heteroatoms. The van der Waals surface area contributed by atoms with E-state index in [9.17, 15) is 0 Å². The highest BCUT2D eigenvalue weighted by atomic mass is 127. The van der Waals surface area contributed by atoms with Crippen LogP contribution in [0.2, 0.25) is 0 Å². The van der Waals surface area contributed by atoms with E-state index < -0.39 is 0 Å². The molecule has 0 aromatic carbocycles. The Hall–Kier alpha value is 0.0300. The molecule has 0 spiro atoms. The average molecular weight is 215 g/mol. The lowest BCUT2D eigenvalue weighted by atomic mass is 10.9. The van der Waals surface area contributed by atoms with Gasteiger partial charge in [-0.3, -0.25) is 0 Å². The van der Waals surface area contributed by atoms with Gasteiger partial charge in [-0.2, -0.15) is 0 Å². The van der Waals surface area contributed by atoms with Gasteiger partial charge in [-0.1, -0.05) is 0 Å². The van der Waals surface area contributed by atoms with Gasteiger partial charge in [0.1, 0.15) is 0 Å². The van der Waals surface area contributed by atoms with Gasteiger partial charge in [0.25, 0.3) is 0 Å². The summed E-state index contributed by atoms with van der Waals surface area (Å²) in [5.41, 5.74) is 4.93. The summed E-state index contributed by atoms with van der Waals surface area (Å²) in [6.45, 7) is 0. The molecule has 7 heavy (non-hydrogen) atoms. The van der Waals surface area contributed by atoms with Crippen molar-refractivity contribution < 1.29 is 0 Å². The van der Waals surface area contributed by atoms with Crippen LogP contribution in [0.3, 0.4) is 0 Å². The maximum Gasteiger partial charge on any atom is 0.0306 e. The largest absolute Gasteiger partial charge is 0.403 e. The molecule has 0 aliphatic heterocycles. The molecule has 0 unspecified atom stereocenters. The first-order chi connectivity index (χ1) is 2.77. The van der Waals surface area contributed by atoms with Crippen LogP contribution >= 0.6 is 24.0 Å². The monoisotopic (exact) mass is 215 g/mol. The summed E-state index contributed by atoms with van der Waals surface area (Å²) in [7, 11) is 1.70. The predicted molar refractivity (Wildman–Crippen MR) is 40.7 cm³/mol. The maximum absolute atomic E-state index is 5.07. The van der Waals surface area contributed by atoms with Gasteiger partial charge in [0.2, 0.25) is 0 Å². The molecule has 0 bridgehead atoms. The molecule has 44 valence electrons. The van der Waals surface area contributed by atoms with Crippen LogP contribution in [-0.4, -0.2) is 12.1 Å². The number of hydrogen-bond acceptors (Lipinski definition) is 3. The molecule has 4 N–H and O–H groups in total. The van der Waals surface area contributed by atoms with Crippen molar-refractivity contribution in [1.82, 2.24) is 5.01 Å². The standard InChI is InChI=1S/C3H9N3.HI/c1-6(5)3-2-4;/h2-3H,4-5H2,1H3;1H/b3-2-;. The molecule has 0 heterocycles. The van der Waals surface area contributed by atoms with E-state index in [1.165, 1.54) is 11.2 Å². The first kappa shape index (κ1) is 10.1. The maximum atomic E-state index is 5.07. The van der Waals surface area contributed by atoms with Crippen LogP contribution in [0.1, 0.15) is 0 Å². The van der Waals surface area contributed by atoms with Crippen LogP contribution in [0, 0.1) is 0 Å². The SMILES string of the molecule is CN(N)/C=C\N.I.